The van der Waals surface area contributed by atoms with Crippen LogP contribution in [-0.4, -0.2) is 43.0 Å². The molecule has 0 N–H and O–H groups in total. The molecule has 0 unspecified atom stereocenters. The molecule has 0 atom stereocenters. The van der Waals surface area contributed by atoms with E-state index in [9.17, 15) is 4.79 Å². The Hall–Kier alpha value is 0.249. The van der Waals surface area contributed by atoms with Gasteiger partial charge >= 0.3 is 79.0 Å². The van der Waals surface area contributed by atoms with E-state index in [-0.39, 0.29) is 9.68 Å². The quantitative estimate of drug-likeness (QED) is 0.520. The Labute approximate surface area is 79.1 Å². The number of carbonyl (C=O) groups is 1. The number of methoxy groups -OCH3 is 1. The van der Waals surface area contributed by atoms with Gasteiger partial charge in [0.25, 0.3) is 0 Å². The van der Waals surface area contributed by atoms with Crippen molar-refractivity contribution in [2.45, 2.75) is 17.6 Å². The summed E-state index contributed by atoms with van der Waals surface area (Å²) in [6, 6.07) is 0. The van der Waals surface area contributed by atoms with Crippen LogP contribution in [0.2, 0.25) is 3.71 Å². The van der Waals surface area contributed by atoms with Gasteiger partial charge < -0.3 is 0 Å². The van der Waals surface area contributed by atoms with E-state index >= 15 is 0 Å². The third-order valence-electron chi connectivity index (χ3n) is 1.46. The molecule has 0 aliphatic carbocycles. The van der Waals surface area contributed by atoms with Crippen LogP contribution in [0.25, 0.3) is 0 Å². The van der Waals surface area contributed by atoms with Gasteiger partial charge in [0.05, 0.1) is 0 Å². The van der Waals surface area contributed by atoms with E-state index in [1.807, 2.05) is 0 Å². The number of hydrogen-bond acceptors (Lipinski definition) is 2. The standard InChI is InChI=1S/C7H10O2Se2/c1-4-5(2)11-7(10-4)6(8)9-3/h7H,1-3H3. The van der Waals surface area contributed by atoms with Crippen molar-refractivity contribution < 1.29 is 9.53 Å². The van der Waals surface area contributed by atoms with E-state index in [0.29, 0.717) is 29.9 Å². The summed E-state index contributed by atoms with van der Waals surface area (Å²) >= 11 is 0.744. The topological polar surface area (TPSA) is 26.3 Å². The average Bonchev–Trinajstić information content (AvgIpc) is 2.31. The predicted molar refractivity (Wildman–Crippen MR) is 45.6 cm³/mol. The molecule has 0 aromatic rings. The minimum absolute atomic E-state index is 0.0128. The summed E-state index contributed by atoms with van der Waals surface area (Å²) in [6.45, 7) is 4.25. The fourth-order valence-corrected chi connectivity index (χ4v) is 8.38. The number of ether oxygens (including phenoxy) is 1. The summed E-state index contributed by atoms with van der Waals surface area (Å²) in [6.07, 6.45) is 0. The molecule has 0 bridgehead atoms. The number of esters is 1. The number of rotatable bonds is 1. The van der Waals surface area contributed by atoms with Gasteiger partial charge in [0.15, 0.2) is 0 Å². The third-order valence-corrected chi connectivity index (χ3v) is 8.68. The molecule has 2 nitrogen and oxygen atoms in total. The molecule has 0 spiro atoms. The van der Waals surface area contributed by atoms with Crippen LogP contribution in [0.3, 0.4) is 0 Å². The molecule has 0 aromatic carbocycles. The molecule has 0 saturated carbocycles. The molecule has 0 radical (unpaired) electrons. The third kappa shape index (κ3) is 2.09. The van der Waals surface area contributed by atoms with Crippen LogP contribution in [-0.2, 0) is 9.53 Å². The molecule has 1 aliphatic heterocycles. The first-order valence-corrected chi connectivity index (χ1v) is 6.93. The first-order valence-electron chi connectivity index (χ1n) is 3.23. The molecule has 1 rings (SSSR count). The average molecular weight is 284 g/mol. The van der Waals surface area contributed by atoms with Gasteiger partial charge in [-0.05, 0) is 0 Å². The van der Waals surface area contributed by atoms with Crippen LogP contribution >= 0.6 is 0 Å². The first-order chi connectivity index (χ1) is 5.15. The number of hydrogen-bond donors (Lipinski definition) is 0. The fourth-order valence-electron chi connectivity index (χ4n) is 0.704. The molecule has 62 valence electrons. The van der Waals surface area contributed by atoms with Gasteiger partial charge in [-0.1, -0.05) is 0 Å². The van der Waals surface area contributed by atoms with Gasteiger partial charge in [0.2, 0.25) is 0 Å². The Kier molecular flexibility index (Phi) is 3.20. The maximum absolute atomic E-state index is 11.1. The van der Waals surface area contributed by atoms with E-state index in [4.69, 9.17) is 4.74 Å². The van der Waals surface area contributed by atoms with E-state index < -0.39 is 0 Å². The molecule has 1 heterocycles. The monoisotopic (exact) mass is 286 g/mol. The Morgan fingerprint density at radius 1 is 1.36 bits per heavy atom. The zero-order chi connectivity index (χ0) is 8.43. The second-order valence-electron chi connectivity index (χ2n) is 2.20. The fraction of sp³-hybridized carbons (Fsp3) is 0.571. The van der Waals surface area contributed by atoms with E-state index in [1.165, 1.54) is 16.1 Å². The molecule has 1 aliphatic rings. The normalized spacial score (nSPS) is 19.2. The molecule has 0 amide bonds. The zero-order valence-electron chi connectivity index (χ0n) is 6.71. The van der Waals surface area contributed by atoms with Crippen molar-refractivity contribution in [3.63, 3.8) is 0 Å². The molecule has 4 heteroatoms. The van der Waals surface area contributed by atoms with Crippen LogP contribution < -0.4 is 0 Å². The molecule has 11 heavy (non-hydrogen) atoms. The Morgan fingerprint density at radius 3 is 2.18 bits per heavy atom. The summed E-state index contributed by atoms with van der Waals surface area (Å²) in [5, 5.41) is 0. The van der Waals surface area contributed by atoms with Crippen LogP contribution in [0.1, 0.15) is 13.8 Å². The van der Waals surface area contributed by atoms with Gasteiger partial charge in [-0.3, -0.25) is 0 Å². The van der Waals surface area contributed by atoms with Crippen molar-refractivity contribution in [3.8, 4) is 0 Å². The van der Waals surface area contributed by atoms with Crippen molar-refractivity contribution >= 4 is 35.9 Å². The van der Waals surface area contributed by atoms with Crippen LogP contribution in [0, 0.1) is 0 Å². The molecular weight excluding hydrogens is 274 g/mol. The summed E-state index contributed by atoms with van der Waals surface area (Å²) < 4.78 is 7.79. The van der Waals surface area contributed by atoms with Crippen LogP contribution in [0.5, 0.6) is 0 Å². The van der Waals surface area contributed by atoms with E-state index in [2.05, 4.69) is 13.8 Å². The van der Waals surface area contributed by atoms with Crippen molar-refractivity contribution in [3.05, 3.63) is 8.94 Å². The summed E-state index contributed by atoms with van der Waals surface area (Å²) in [5.41, 5.74) is 0. The zero-order valence-corrected chi connectivity index (χ0v) is 10.1. The number of allylic oxidation sites excluding steroid dienone is 2. The van der Waals surface area contributed by atoms with Crippen LogP contribution in [0.4, 0.5) is 0 Å². The Bertz CT molecular complexity index is 196. The Morgan fingerprint density at radius 2 is 1.82 bits per heavy atom. The summed E-state index contributed by atoms with van der Waals surface area (Å²) in [5.74, 6) is -0.0128. The molecule has 0 saturated heterocycles. The van der Waals surface area contributed by atoms with Crippen molar-refractivity contribution in [2.75, 3.05) is 7.11 Å². The van der Waals surface area contributed by atoms with Gasteiger partial charge in [-0.25, -0.2) is 0 Å². The summed E-state index contributed by atoms with van der Waals surface area (Å²) in [4.78, 5) is 11.1. The van der Waals surface area contributed by atoms with Crippen LogP contribution in [0.15, 0.2) is 8.94 Å². The minimum atomic E-state index is -0.0128. The van der Waals surface area contributed by atoms with Crippen molar-refractivity contribution in [1.82, 2.24) is 0 Å². The van der Waals surface area contributed by atoms with Crippen molar-refractivity contribution in [2.24, 2.45) is 0 Å². The van der Waals surface area contributed by atoms with Gasteiger partial charge in [-0.2, -0.15) is 0 Å². The molecule has 0 aromatic heterocycles. The summed E-state index contributed by atoms with van der Waals surface area (Å²) in [7, 11) is 1.47. The second kappa shape index (κ2) is 3.77. The van der Waals surface area contributed by atoms with Gasteiger partial charge in [0, 0.05) is 0 Å². The van der Waals surface area contributed by atoms with E-state index in [1.54, 1.807) is 0 Å². The SMILES string of the molecule is COC(=O)C1[Se]C(C)=C(C)[Se]1. The first kappa shape index (κ1) is 9.34. The van der Waals surface area contributed by atoms with Gasteiger partial charge in [0.1, 0.15) is 0 Å². The maximum atomic E-state index is 11.1. The second-order valence-corrected chi connectivity index (χ2v) is 9.25. The molecule has 0 fully saturated rings. The predicted octanol–water partition coefficient (Wildman–Crippen LogP) is 0.579. The van der Waals surface area contributed by atoms with Crippen molar-refractivity contribution in [1.29, 1.82) is 0 Å². The molecular formula is C7H10O2Se2. The van der Waals surface area contributed by atoms with E-state index in [0.717, 1.165) is 0 Å². The number of carbonyl (C=O) groups excluding carboxylic acids is 1. The Balaban J connectivity index is 2.54. The van der Waals surface area contributed by atoms with Gasteiger partial charge in [-0.15, -0.1) is 0 Å².